The zero-order valence-corrected chi connectivity index (χ0v) is 13.9. The minimum absolute atomic E-state index is 0.121. The second-order valence-electron chi connectivity index (χ2n) is 6.31. The molecular weight excluding hydrogens is 320 g/mol. The number of carbonyl (C=O) groups excluding carboxylic acids is 1. The third kappa shape index (κ3) is 4.15. The molecule has 0 saturated heterocycles. The number of hydrogen-bond donors (Lipinski definition) is 2. The Labute approximate surface area is 145 Å². The predicted molar refractivity (Wildman–Crippen MR) is 92.6 cm³/mol. The van der Waals surface area contributed by atoms with Crippen molar-refractivity contribution in [3.8, 4) is 11.5 Å². The molecule has 1 aliphatic carbocycles. The third-order valence-corrected chi connectivity index (χ3v) is 4.46. The van der Waals surface area contributed by atoms with Crippen molar-refractivity contribution in [1.82, 2.24) is 4.98 Å². The monoisotopic (exact) mass is 340 g/mol. The molecule has 1 fully saturated rings. The van der Waals surface area contributed by atoms with E-state index in [2.05, 4.69) is 10.3 Å². The summed E-state index contributed by atoms with van der Waals surface area (Å²) in [5.74, 6) is -0.251. The number of nitrogens with one attached hydrogen (secondary N) is 1. The van der Waals surface area contributed by atoms with Gasteiger partial charge < -0.3 is 15.2 Å². The van der Waals surface area contributed by atoms with Crippen molar-refractivity contribution in [3.63, 3.8) is 0 Å². The van der Waals surface area contributed by atoms with Gasteiger partial charge in [-0.05, 0) is 62.1 Å². The molecule has 1 aromatic heterocycles. The number of anilines is 1. The SMILES string of the molecule is Cc1cc(NC(=O)[C@@H]2CC[C@H](C(=O)O)C2)ccc1Oc1cccnc1. The quantitative estimate of drug-likeness (QED) is 0.868. The Morgan fingerprint density at radius 3 is 2.68 bits per heavy atom. The van der Waals surface area contributed by atoms with Crippen LogP contribution in [0.5, 0.6) is 11.5 Å². The molecule has 2 aromatic rings. The molecule has 0 aliphatic heterocycles. The van der Waals surface area contributed by atoms with Gasteiger partial charge >= 0.3 is 5.97 Å². The topological polar surface area (TPSA) is 88.5 Å². The van der Waals surface area contributed by atoms with Crippen molar-refractivity contribution in [2.45, 2.75) is 26.2 Å². The molecule has 1 aliphatic rings. The van der Waals surface area contributed by atoms with Gasteiger partial charge in [-0.3, -0.25) is 14.6 Å². The normalized spacial score (nSPS) is 19.4. The highest BCUT2D eigenvalue weighted by Gasteiger charge is 2.33. The first kappa shape index (κ1) is 17.0. The van der Waals surface area contributed by atoms with E-state index in [1.54, 1.807) is 30.6 Å². The van der Waals surface area contributed by atoms with Crippen LogP contribution in [0.3, 0.4) is 0 Å². The van der Waals surface area contributed by atoms with Crippen LogP contribution in [0, 0.1) is 18.8 Å². The van der Waals surface area contributed by atoms with E-state index in [0.717, 1.165) is 5.56 Å². The first-order chi connectivity index (χ1) is 12.0. The van der Waals surface area contributed by atoms with Gasteiger partial charge in [0.1, 0.15) is 11.5 Å². The Morgan fingerprint density at radius 1 is 1.24 bits per heavy atom. The van der Waals surface area contributed by atoms with Crippen molar-refractivity contribution in [2.24, 2.45) is 11.8 Å². The Morgan fingerprint density at radius 2 is 2.04 bits per heavy atom. The van der Waals surface area contributed by atoms with Gasteiger partial charge in [0.15, 0.2) is 0 Å². The van der Waals surface area contributed by atoms with Crippen LogP contribution in [0.4, 0.5) is 5.69 Å². The van der Waals surface area contributed by atoms with Gasteiger partial charge in [0.05, 0.1) is 12.1 Å². The van der Waals surface area contributed by atoms with E-state index in [4.69, 9.17) is 9.84 Å². The largest absolute Gasteiger partial charge is 0.481 e. The van der Waals surface area contributed by atoms with Gasteiger partial charge in [-0.15, -0.1) is 0 Å². The number of aliphatic carboxylic acids is 1. The predicted octanol–water partition coefficient (Wildman–Crippen LogP) is 3.62. The fourth-order valence-corrected chi connectivity index (χ4v) is 3.06. The molecule has 2 atom stereocenters. The molecule has 0 bridgehead atoms. The number of rotatable bonds is 5. The summed E-state index contributed by atoms with van der Waals surface area (Å²) in [4.78, 5) is 27.3. The van der Waals surface area contributed by atoms with Gasteiger partial charge in [-0.25, -0.2) is 0 Å². The Hall–Kier alpha value is -2.89. The molecule has 6 nitrogen and oxygen atoms in total. The maximum absolute atomic E-state index is 12.3. The van der Waals surface area contributed by atoms with E-state index in [1.807, 2.05) is 19.1 Å². The number of aromatic nitrogens is 1. The lowest BCUT2D eigenvalue weighted by Crippen LogP contribution is -2.21. The number of benzene rings is 1. The number of nitrogens with zero attached hydrogens (tertiary/aromatic N) is 1. The van der Waals surface area contributed by atoms with Crippen LogP contribution in [-0.4, -0.2) is 22.0 Å². The Bertz CT molecular complexity index is 776. The summed E-state index contributed by atoms with van der Waals surface area (Å²) < 4.78 is 5.77. The summed E-state index contributed by atoms with van der Waals surface area (Å²) in [7, 11) is 0. The molecule has 1 heterocycles. The first-order valence-corrected chi connectivity index (χ1v) is 8.25. The highest BCUT2D eigenvalue weighted by molar-refractivity contribution is 5.93. The van der Waals surface area contributed by atoms with Crippen molar-refractivity contribution < 1.29 is 19.4 Å². The molecule has 130 valence electrons. The van der Waals surface area contributed by atoms with Crippen LogP contribution in [0.25, 0.3) is 0 Å². The Kier molecular flexibility index (Phi) is 4.97. The van der Waals surface area contributed by atoms with Gasteiger partial charge in [-0.1, -0.05) is 0 Å². The standard InChI is InChI=1S/C19H20N2O4/c1-12-9-15(6-7-17(12)25-16-3-2-8-20-11-16)21-18(22)13-4-5-14(10-13)19(23)24/h2-3,6-9,11,13-14H,4-5,10H2,1H3,(H,21,22)(H,23,24)/t13-,14+/m1/s1. The number of pyridine rings is 1. The first-order valence-electron chi connectivity index (χ1n) is 8.25. The van der Waals surface area contributed by atoms with E-state index in [0.29, 0.717) is 36.4 Å². The van der Waals surface area contributed by atoms with Gasteiger partial charge in [0.2, 0.25) is 5.91 Å². The van der Waals surface area contributed by atoms with Crippen LogP contribution in [0.2, 0.25) is 0 Å². The zero-order chi connectivity index (χ0) is 17.8. The summed E-state index contributed by atoms with van der Waals surface area (Å²) in [6.07, 6.45) is 4.89. The molecule has 0 spiro atoms. The smallest absolute Gasteiger partial charge is 0.306 e. The summed E-state index contributed by atoms with van der Waals surface area (Å²) in [5, 5.41) is 11.9. The van der Waals surface area contributed by atoms with Crippen LogP contribution < -0.4 is 10.1 Å². The number of carbonyl (C=O) groups is 2. The number of hydrogen-bond acceptors (Lipinski definition) is 4. The number of amides is 1. The fraction of sp³-hybridized carbons (Fsp3) is 0.316. The van der Waals surface area contributed by atoms with E-state index < -0.39 is 11.9 Å². The number of ether oxygens (including phenoxy) is 1. The minimum Gasteiger partial charge on any atom is -0.481 e. The molecule has 1 aromatic carbocycles. The maximum atomic E-state index is 12.3. The minimum atomic E-state index is -0.817. The Balaban J connectivity index is 1.63. The van der Waals surface area contributed by atoms with Gasteiger partial charge in [-0.2, -0.15) is 0 Å². The van der Waals surface area contributed by atoms with E-state index in [9.17, 15) is 9.59 Å². The number of carboxylic acid groups (broad SMARTS) is 1. The van der Waals surface area contributed by atoms with Gasteiger partial charge in [0.25, 0.3) is 0 Å². The van der Waals surface area contributed by atoms with Crippen LogP contribution >= 0.6 is 0 Å². The van der Waals surface area contributed by atoms with E-state index in [1.165, 1.54) is 0 Å². The second-order valence-corrected chi connectivity index (χ2v) is 6.31. The third-order valence-electron chi connectivity index (χ3n) is 4.46. The maximum Gasteiger partial charge on any atom is 0.306 e. The van der Waals surface area contributed by atoms with Crippen LogP contribution in [-0.2, 0) is 9.59 Å². The van der Waals surface area contributed by atoms with Crippen molar-refractivity contribution in [2.75, 3.05) is 5.32 Å². The lowest BCUT2D eigenvalue weighted by atomic mass is 10.0. The molecule has 2 N–H and O–H groups in total. The summed E-state index contributed by atoms with van der Waals surface area (Å²) in [6, 6.07) is 9.03. The van der Waals surface area contributed by atoms with Crippen LogP contribution in [0.1, 0.15) is 24.8 Å². The molecule has 1 amide bonds. The number of aryl methyl sites for hydroxylation is 1. The highest BCUT2D eigenvalue weighted by Crippen LogP contribution is 2.32. The molecule has 6 heteroatoms. The lowest BCUT2D eigenvalue weighted by molar-refractivity contribution is -0.141. The highest BCUT2D eigenvalue weighted by atomic mass is 16.5. The van der Waals surface area contributed by atoms with Crippen molar-refractivity contribution >= 4 is 17.6 Å². The van der Waals surface area contributed by atoms with Crippen molar-refractivity contribution in [1.29, 1.82) is 0 Å². The van der Waals surface area contributed by atoms with Crippen molar-refractivity contribution in [3.05, 3.63) is 48.3 Å². The molecular formula is C19H20N2O4. The lowest BCUT2D eigenvalue weighted by Gasteiger charge is -2.13. The van der Waals surface area contributed by atoms with Crippen LogP contribution in [0.15, 0.2) is 42.7 Å². The van der Waals surface area contributed by atoms with E-state index in [-0.39, 0.29) is 11.8 Å². The van der Waals surface area contributed by atoms with E-state index >= 15 is 0 Å². The summed E-state index contributed by atoms with van der Waals surface area (Å²) in [6.45, 7) is 1.90. The molecule has 3 rings (SSSR count). The zero-order valence-electron chi connectivity index (χ0n) is 13.9. The number of carboxylic acids is 1. The second kappa shape index (κ2) is 7.34. The summed E-state index contributed by atoms with van der Waals surface area (Å²) >= 11 is 0. The molecule has 0 unspecified atom stereocenters. The average Bonchev–Trinajstić information content (AvgIpc) is 3.09. The average molecular weight is 340 g/mol. The summed E-state index contributed by atoms with van der Waals surface area (Å²) in [5.41, 5.74) is 1.57. The van der Waals surface area contributed by atoms with Gasteiger partial charge in [0, 0.05) is 17.8 Å². The fourth-order valence-electron chi connectivity index (χ4n) is 3.06. The molecule has 25 heavy (non-hydrogen) atoms. The molecule has 0 radical (unpaired) electrons. The molecule has 1 saturated carbocycles.